The number of anilines is 1. The predicted octanol–water partition coefficient (Wildman–Crippen LogP) is 3.06. The third kappa shape index (κ3) is 4.38. The molecule has 19 heavy (non-hydrogen) atoms. The zero-order valence-electron chi connectivity index (χ0n) is 11.9. The summed E-state index contributed by atoms with van der Waals surface area (Å²) < 4.78 is 0. The van der Waals surface area contributed by atoms with Crippen molar-refractivity contribution < 1.29 is 0 Å². The lowest BCUT2D eigenvalue weighted by atomic mass is 10.2. The maximum Gasteiger partial charge on any atom is 0.0594 e. The van der Waals surface area contributed by atoms with Crippen LogP contribution < -0.4 is 5.32 Å². The Bertz CT molecular complexity index is 501. The summed E-state index contributed by atoms with van der Waals surface area (Å²) in [6.45, 7) is 3.78. The predicted molar refractivity (Wildman–Crippen MR) is 80.1 cm³/mol. The zero-order valence-corrected chi connectivity index (χ0v) is 11.9. The van der Waals surface area contributed by atoms with E-state index in [1.165, 1.54) is 11.1 Å². The molecule has 0 radical (unpaired) electrons. The SMILES string of the molecule is Cc1ccc(CNc2ccc(CN(C)C)cc2)nc1. The molecule has 0 aliphatic heterocycles. The highest BCUT2D eigenvalue weighted by atomic mass is 15.0. The van der Waals surface area contributed by atoms with E-state index in [1.807, 2.05) is 13.1 Å². The maximum absolute atomic E-state index is 4.38. The molecule has 2 rings (SSSR count). The van der Waals surface area contributed by atoms with E-state index in [2.05, 4.69) is 65.7 Å². The number of pyridine rings is 1. The number of rotatable bonds is 5. The van der Waals surface area contributed by atoms with Gasteiger partial charge >= 0.3 is 0 Å². The monoisotopic (exact) mass is 255 g/mol. The van der Waals surface area contributed by atoms with E-state index >= 15 is 0 Å². The largest absolute Gasteiger partial charge is 0.379 e. The van der Waals surface area contributed by atoms with Gasteiger partial charge in [-0.3, -0.25) is 4.98 Å². The van der Waals surface area contributed by atoms with E-state index in [0.29, 0.717) is 0 Å². The number of aromatic nitrogens is 1. The molecule has 0 atom stereocenters. The van der Waals surface area contributed by atoms with E-state index in [-0.39, 0.29) is 0 Å². The molecule has 0 fully saturated rings. The van der Waals surface area contributed by atoms with Gasteiger partial charge in [0.1, 0.15) is 0 Å². The van der Waals surface area contributed by atoms with Gasteiger partial charge in [-0.2, -0.15) is 0 Å². The fourth-order valence-electron chi connectivity index (χ4n) is 1.89. The number of benzene rings is 1. The minimum atomic E-state index is 0.757. The molecule has 0 unspecified atom stereocenters. The second-order valence-corrected chi connectivity index (χ2v) is 5.12. The Labute approximate surface area is 115 Å². The minimum Gasteiger partial charge on any atom is -0.379 e. The molecule has 1 aromatic carbocycles. The van der Waals surface area contributed by atoms with Crippen LogP contribution >= 0.6 is 0 Å². The fraction of sp³-hybridized carbons (Fsp3) is 0.312. The molecule has 3 heteroatoms. The third-order valence-corrected chi connectivity index (χ3v) is 2.90. The quantitative estimate of drug-likeness (QED) is 0.890. The van der Waals surface area contributed by atoms with Crippen molar-refractivity contribution in [3.05, 3.63) is 59.4 Å². The van der Waals surface area contributed by atoms with Crippen LogP contribution in [0, 0.1) is 6.92 Å². The van der Waals surface area contributed by atoms with Crippen molar-refractivity contribution in [2.45, 2.75) is 20.0 Å². The van der Waals surface area contributed by atoms with Crippen molar-refractivity contribution in [1.29, 1.82) is 0 Å². The normalized spacial score (nSPS) is 10.7. The van der Waals surface area contributed by atoms with Gasteiger partial charge in [0, 0.05) is 18.4 Å². The summed E-state index contributed by atoms with van der Waals surface area (Å²) in [6, 6.07) is 12.7. The molecule has 2 aromatic rings. The van der Waals surface area contributed by atoms with Crippen molar-refractivity contribution in [1.82, 2.24) is 9.88 Å². The Balaban J connectivity index is 1.91. The molecule has 100 valence electrons. The topological polar surface area (TPSA) is 28.2 Å². The van der Waals surface area contributed by atoms with Gasteiger partial charge < -0.3 is 10.2 Å². The third-order valence-electron chi connectivity index (χ3n) is 2.90. The minimum absolute atomic E-state index is 0.757. The molecule has 1 N–H and O–H groups in total. The van der Waals surface area contributed by atoms with Crippen molar-refractivity contribution in [3.8, 4) is 0 Å². The first-order chi connectivity index (χ1) is 9.13. The average Bonchev–Trinajstić information content (AvgIpc) is 2.39. The van der Waals surface area contributed by atoms with Crippen LogP contribution in [0.5, 0.6) is 0 Å². The smallest absolute Gasteiger partial charge is 0.0594 e. The van der Waals surface area contributed by atoms with E-state index in [0.717, 1.165) is 24.5 Å². The van der Waals surface area contributed by atoms with Gasteiger partial charge in [-0.25, -0.2) is 0 Å². The summed E-state index contributed by atoms with van der Waals surface area (Å²) in [5.41, 5.74) is 4.70. The van der Waals surface area contributed by atoms with Crippen LogP contribution in [0.4, 0.5) is 5.69 Å². The van der Waals surface area contributed by atoms with Crippen molar-refractivity contribution in [3.63, 3.8) is 0 Å². The van der Waals surface area contributed by atoms with E-state index in [4.69, 9.17) is 0 Å². The van der Waals surface area contributed by atoms with Gasteiger partial charge in [-0.15, -0.1) is 0 Å². The molecule has 0 aliphatic rings. The fourth-order valence-corrected chi connectivity index (χ4v) is 1.89. The van der Waals surface area contributed by atoms with Crippen LogP contribution in [0.15, 0.2) is 42.6 Å². The lowest BCUT2D eigenvalue weighted by Crippen LogP contribution is -2.10. The van der Waals surface area contributed by atoms with Gasteiger partial charge in [0.05, 0.1) is 12.2 Å². The first-order valence-electron chi connectivity index (χ1n) is 6.52. The van der Waals surface area contributed by atoms with Gasteiger partial charge in [-0.05, 0) is 50.3 Å². The number of nitrogens with one attached hydrogen (secondary N) is 1. The van der Waals surface area contributed by atoms with Crippen LogP contribution in [0.1, 0.15) is 16.8 Å². The Morgan fingerprint density at radius 3 is 2.37 bits per heavy atom. The van der Waals surface area contributed by atoms with Crippen LogP contribution in [-0.2, 0) is 13.1 Å². The standard InChI is InChI=1S/C16H21N3/c1-13-4-7-16(17-10-13)11-18-15-8-5-14(6-9-15)12-19(2)3/h4-10,18H,11-12H2,1-3H3. The lowest BCUT2D eigenvalue weighted by Gasteiger charge is -2.11. The summed E-state index contributed by atoms with van der Waals surface area (Å²) in [4.78, 5) is 6.55. The van der Waals surface area contributed by atoms with Crippen molar-refractivity contribution >= 4 is 5.69 Å². The molecule has 1 aromatic heterocycles. The first-order valence-corrected chi connectivity index (χ1v) is 6.52. The Kier molecular flexibility index (Phi) is 4.53. The summed E-state index contributed by atoms with van der Waals surface area (Å²) in [6.07, 6.45) is 1.90. The second-order valence-electron chi connectivity index (χ2n) is 5.12. The van der Waals surface area contributed by atoms with Crippen LogP contribution in [0.3, 0.4) is 0 Å². The van der Waals surface area contributed by atoms with Crippen molar-refractivity contribution in [2.75, 3.05) is 19.4 Å². The summed E-state index contributed by atoms with van der Waals surface area (Å²) in [5, 5.41) is 3.38. The molecule has 0 saturated heterocycles. The Morgan fingerprint density at radius 1 is 1.05 bits per heavy atom. The number of hydrogen-bond acceptors (Lipinski definition) is 3. The highest BCUT2D eigenvalue weighted by Crippen LogP contribution is 2.11. The second kappa shape index (κ2) is 6.34. The molecule has 0 aliphatic carbocycles. The van der Waals surface area contributed by atoms with E-state index < -0.39 is 0 Å². The average molecular weight is 255 g/mol. The van der Waals surface area contributed by atoms with Crippen LogP contribution in [-0.4, -0.2) is 24.0 Å². The molecule has 1 heterocycles. The van der Waals surface area contributed by atoms with Gasteiger partial charge in [0.2, 0.25) is 0 Å². The van der Waals surface area contributed by atoms with Gasteiger partial charge in [-0.1, -0.05) is 18.2 Å². The molecule has 0 spiro atoms. The Morgan fingerprint density at radius 2 is 1.79 bits per heavy atom. The lowest BCUT2D eigenvalue weighted by molar-refractivity contribution is 0.402. The summed E-state index contributed by atoms with van der Waals surface area (Å²) in [7, 11) is 4.16. The highest BCUT2D eigenvalue weighted by Gasteiger charge is 1.97. The molecular weight excluding hydrogens is 234 g/mol. The van der Waals surface area contributed by atoms with Crippen molar-refractivity contribution in [2.24, 2.45) is 0 Å². The molecule has 3 nitrogen and oxygen atoms in total. The number of aryl methyl sites for hydroxylation is 1. The highest BCUT2D eigenvalue weighted by molar-refractivity contribution is 5.44. The number of nitrogens with zero attached hydrogens (tertiary/aromatic N) is 2. The molecular formula is C16H21N3. The van der Waals surface area contributed by atoms with E-state index in [9.17, 15) is 0 Å². The molecule has 0 amide bonds. The Hall–Kier alpha value is -1.87. The van der Waals surface area contributed by atoms with E-state index in [1.54, 1.807) is 0 Å². The maximum atomic E-state index is 4.38. The van der Waals surface area contributed by atoms with Gasteiger partial charge in [0.15, 0.2) is 0 Å². The van der Waals surface area contributed by atoms with Gasteiger partial charge in [0.25, 0.3) is 0 Å². The number of hydrogen-bond donors (Lipinski definition) is 1. The zero-order chi connectivity index (χ0) is 13.7. The molecule has 0 bridgehead atoms. The first kappa shape index (κ1) is 13.6. The summed E-state index contributed by atoms with van der Waals surface area (Å²) in [5.74, 6) is 0. The summed E-state index contributed by atoms with van der Waals surface area (Å²) >= 11 is 0. The van der Waals surface area contributed by atoms with Crippen LogP contribution in [0.25, 0.3) is 0 Å². The van der Waals surface area contributed by atoms with Crippen LogP contribution in [0.2, 0.25) is 0 Å². The molecule has 0 saturated carbocycles.